The maximum Gasteiger partial charge on any atom is 0.220 e. The van der Waals surface area contributed by atoms with Crippen LogP contribution in [-0.2, 0) is 4.79 Å². The molecule has 0 saturated heterocycles. The second kappa shape index (κ2) is 51.7. The highest BCUT2D eigenvalue weighted by Gasteiger charge is 2.18. The number of allylic oxidation sites excluding steroid dienone is 7. The molecule has 1 amide bonds. The van der Waals surface area contributed by atoms with E-state index in [1.807, 2.05) is 6.08 Å². The van der Waals surface area contributed by atoms with Gasteiger partial charge in [0.05, 0.1) is 18.8 Å². The van der Waals surface area contributed by atoms with Crippen LogP contribution in [0.25, 0.3) is 0 Å². The van der Waals surface area contributed by atoms with Crippen molar-refractivity contribution in [2.45, 2.75) is 296 Å². The van der Waals surface area contributed by atoms with Gasteiger partial charge in [0.15, 0.2) is 0 Å². The van der Waals surface area contributed by atoms with Crippen LogP contribution in [0.1, 0.15) is 284 Å². The first-order valence-electron chi connectivity index (χ1n) is 26.9. The lowest BCUT2D eigenvalue weighted by Crippen LogP contribution is -2.45. The molecule has 0 radical (unpaired) electrons. The molecule has 4 heteroatoms. The number of nitrogens with one attached hydrogen (secondary N) is 1. The van der Waals surface area contributed by atoms with Crippen molar-refractivity contribution in [3.8, 4) is 0 Å². The van der Waals surface area contributed by atoms with Gasteiger partial charge in [-0.2, -0.15) is 0 Å². The fourth-order valence-electron chi connectivity index (χ4n) is 8.19. The zero-order chi connectivity index (χ0) is 43.5. The van der Waals surface area contributed by atoms with Gasteiger partial charge >= 0.3 is 0 Å². The monoisotopic (exact) mass is 840 g/mol. The fraction of sp³-hybridized carbons (Fsp3) is 0.839. The molecule has 0 heterocycles. The van der Waals surface area contributed by atoms with Gasteiger partial charge in [0.2, 0.25) is 5.91 Å². The zero-order valence-corrected chi connectivity index (χ0v) is 40.5. The van der Waals surface area contributed by atoms with E-state index in [1.54, 1.807) is 6.08 Å². The predicted molar refractivity (Wildman–Crippen MR) is 267 cm³/mol. The van der Waals surface area contributed by atoms with Crippen molar-refractivity contribution in [2.75, 3.05) is 6.61 Å². The summed E-state index contributed by atoms with van der Waals surface area (Å²) >= 11 is 0. The van der Waals surface area contributed by atoms with E-state index >= 15 is 0 Å². The van der Waals surface area contributed by atoms with Crippen molar-refractivity contribution >= 4 is 5.91 Å². The molecule has 0 aliphatic heterocycles. The van der Waals surface area contributed by atoms with E-state index in [0.29, 0.717) is 6.42 Å². The molecule has 0 spiro atoms. The van der Waals surface area contributed by atoms with E-state index in [4.69, 9.17) is 0 Å². The minimum Gasteiger partial charge on any atom is -0.394 e. The maximum absolute atomic E-state index is 12.4. The third kappa shape index (κ3) is 47.4. The number of carbonyl (C=O) groups is 1. The summed E-state index contributed by atoms with van der Waals surface area (Å²) in [5.41, 5.74) is 0. The number of hydrogen-bond acceptors (Lipinski definition) is 3. The Morgan fingerprint density at radius 1 is 0.400 bits per heavy atom. The molecule has 0 rings (SSSR count). The lowest BCUT2D eigenvalue weighted by Gasteiger charge is -2.20. The van der Waals surface area contributed by atoms with Crippen molar-refractivity contribution in [3.05, 3.63) is 48.6 Å². The van der Waals surface area contributed by atoms with Gasteiger partial charge in [0.25, 0.3) is 0 Å². The molecule has 0 aliphatic rings. The van der Waals surface area contributed by atoms with Crippen molar-refractivity contribution in [3.63, 3.8) is 0 Å². The van der Waals surface area contributed by atoms with Crippen molar-refractivity contribution < 1.29 is 15.0 Å². The number of aliphatic hydroxyl groups is 2. The van der Waals surface area contributed by atoms with Crippen molar-refractivity contribution in [2.24, 2.45) is 0 Å². The third-order valence-corrected chi connectivity index (χ3v) is 12.3. The highest BCUT2D eigenvalue weighted by molar-refractivity contribution is 5.76. The van der Waals surface area contributed by atoms with E-state index < -0.39 is 12.1 Å². The van der Waals surface area contributed by atoms with Crippen LogP contribution in [0.5, 0.6) is 0 Å². The summed E-state index contributed by atoms with van der Waals surface area (Å²) in [5.74, 6) is -0.0615. The average Bonchev–Trinajstić information content (AvgIpc) is 3.25. The number of amides is 1. The largest absolute Gasteiger partial charge is 0.394 e. The molecule has 352 valence electrons. The van der Waals surface area contributed by atoms with Gasteiger partial charge in [0, 0.05) is 6.42 Å². The summed E-state index contributed by atoms with van der Waals surface area (Å²) in [5, 5.41) is 23.1. The molecule has 60 heavy (non-hydrogen) atoms. The third-order valence-electron chi connectivity index (χ3n) is 12.3. The van der Waals surface area contributed by atoms with Gasteiger partial charge in [-0.25, -0.2) is 0 Å². The molecule has 0 bridgehead atoms. The number of aliphatic hydroxyl groups excluding tert-OH is 2. The van der Waals surface area contributed by atoms with Crippen LogP contribution >= 0.6 is 0 Å². The highest BCUT2D eigenvalue weighted by Crippen LogP contribution is 2.16. The van der Waals surface area contributed by atoms with Gasteiger partial charge in [-0.15, -0.1) is 0 Å². The van der Waals surface area contributed by atoms with E-state index in [0.717, 1.165) is 38.5 Å². The SMILES string of the molecule is CCCCCCC/C=C\C/C=C\C/C=C\CCCCCCCCCCCCCCCCCCCCC(=O)NC(CO)C(O)/C=C/CCCCCCCCCCCCCCC. The fourth-order valence-corrected chi connectivity index (χ4v) is 8.19. The molecule has 4 nitrogen and oxygen atoms in total. The molecule has 2 unspecified atom stereocenters. The van der Waals surface area contributed by atoms with Crippen LogP contribution in [0.3, 0.4) is 0 Å². The van der Waals surface area contributed by atoms with Crippen LogP contribution in [0.4, 0.5) is 0 Å². The second-order valence-corrected chi connectivity index (χ2v) is 18.3. The molecular formula is C56H105NO3. The van der Waals surface area contributed by atoms with Gasteiger partial charge in [0.1, 0.15) is 0 Å². The molecule has 0 aliphatic carbocycles. The van der Waals surface area contributed by atoms with Gasteiger partial charge in [-0.1, -0.05) is 268 Å². The first-order valence-corrected chi connectivity index (χ1v) is 26.9. The lowest BCUT2D eigenvalue weighted by molar-refractivity contribution is -0.123. The summed E-state index contributed by atoms with van der Waals surface area (Å²) in [4.78, 5) is 12.4. The molecular weight excluding hydrogens is 735 g/mol. The molecule has 0 aromatic carbocycles. The summed E-state index contributed by atoms with van der Waals surface area (Å²) < 4.78 is 0. The van der Waals surface area contributed by atoms with E-state index in [2.05, 4.69) is 55.6 Å². The quantitative estimate of drug-likeness (QED) is 0.0422. The topological polar surface area (TPSA) is 69.6 Å². The first-order chi connectivity index (χ1) is 29.7. The summed E-state index contributed by atoms with van der Waals surface area (Å²) in [7, 11) is 0. The minimum absolute atomic E-state index is 0.0615. The average molecular weight is 840 g/mol. The van der Waals surface area contributed by atoms with E-state index in [1.165, 1.54) is 225 Å². The van der Waals surface area contributed by atoms with Gasteiger partial charge < -0.3 is 15.5 Å². The summed E-state index contributed by atoms with van der Waals surface area (Å²) in [6.07, 6.45) is 71.2. The Bertz CT molecular complexity index is 954. The van der Waals surface area contributed by atoms with E-state index in [9.17, 15) is 15.0 Å². The summed E-state index contributed by atoms with van der Waals surface area (Å²) in [6.45, 7) is 4.31. The number of carbonyl (C=O) groups excluding carboxylic acids is 1. The van der Waals surface area contributed by atoms with Crippen LogP contribution < -0.4 is 5.32 Å². The van der Waals surface area contributed by atoms with Crippen LogP contribution in [0, 0.1) is 0 Å². The number of unbranched alkanes of at least 4 members (excludes halogenated alkanes) is 36. The van der Waals surface area contributed by atoms with Crippen LogP contribution in [-0.4, -0.2) is 34.9 Å². The van der Waals surface area contributed by atoms with Gasteiger partial charge in [-0.3, -0.25) is 4.79 Å². The Kier molecular flexibility index (Phi) is 50.3. The van der Waals surface area contributed by atoms with Crippen LogP contribution in [0.2, 0.25) is 0 Å². The second-order valence-electron chi connectivity index (χ2n) is 18.3. The maximum atomic E-state index is 12.4. The molecule has 0 saturated carbocycles. The van der Waals surface area contributed by atoms with Gasteiger partial charge in [-0.05, 0) is 57.8 Å². The molecule has 3 N–H and O–H groups in total. The standard InChI is InChI=1S/C56H105NO3/c1-3-5-7-9-11-13-15-17-19-20-21-22-23-24-25-26-27-28-29-30-31-32-33-34-35-36-38-40-42-44-46-48-50-52-56(60)57-54(53-58)55(59)51-49-47-45-43-41-39-37-18-16-14-12-10-8-6-4-2/h15,17,20-21,23-24,49,51,54-55,58-59H,3-14,16,18-19,22,25-48,50,52-53H2,1-2H3,(H,57,60)/b17-15-,21-20-,24-23-,51-49+. The Labute approximate surface area is 375 Å². The molecule has 2 atom stereocenters. The smallest absolute Gasteiger partial charge is 0.220 e. The lowest BCUT2D eigenvalue weighted by atomic mass is 10.0. The Morgan fingerprint density at radius 3 is 1.02 bits per heavy atom. The summed E-state index contributed by atoms with van der Waals surface area (Å²) in [6, 6.07) is -0.621. The predicted octanol–water partition coefficient (Wildman–Crippen LogP) is 17.5. The Balaban J connectivity index is 3.46. The normalized spacial score (nSPS) is 13.2. The molecule has 0 aromatic rings. The van der Waals surface area contributed by atoms with Crippen molar-refractivity contribution in [1.29, 1.82) is 0 Å². The minimum atomic E-state index is -0.838. The molecule has 0 aromatic heterocycles. The Morgan fingerprint density at radius 2 is 0.683 bits per heavy atom. The highest BCUT2D eigenvalue weighted by atomic mass is 16.3. The zero-order valence-electron chi connectivity index (χ0n) is 40.5. The van der Waals surface area contributed by atoms with Crippen LogP contribution in [0.15, 0.2) is 48.6 Å². The molecule has 0 fully saturated rings. The number of rotatable bonds is 49. The van der Waals surface area contributed by atoms with Crippen molar-refractivity contribution in [1.82, 2.24) is 5.32 Å². The Hall–Kier alpha value is -1.65. The van der Waals surface area contributed by atoms with E-state index in [-0.39, 0.29) is 12.5 Å². The first kappa shape index (κ1) is 58.4. The number of hydrogen-bond donors (Lipinski definition) is 3.